The van der Waals surface area contributed by atoms with E-state index in [0.29, 0.717) is 18.5 Å². The Morgan fingerprint density at radius 2 is 1.65 bits per heavy atom. The van der Waals surface area contributed by atoms with E-state index in [1.54, 1.807) is 6.92 Å². The molecule has 0 spiro atoms. The van der Waals surface area contributed by atoms with Crippen LogP contribution in [0.3, 0.4) is 0 Å². The highest BCUT2D eigenvalue weighted by molar-refractivity contribution is 5.95. The molecule has 2 atom stereocenters. The van der Waals surface area contributed by atoms with Gasteiger partial charge in [-0.3, -0.25) is 9.59 Å². The Morgan fingerprint density at radius 3 is 2.09 bits per heavy atom. The lowest BCUT2D eigenvalue weighted by Crippen LogP contribution is -2.43. The van der Waals surface area contributed by atoms with Gasteiger partial charge in [0.25, 0.3) is 0 Å². The van der Waals surface area contributed by atoms with Crippen LogP contribution in [0, 0.1) is 16.7 Å². The molecule has 0 aromatic heterocycles. The van der Waals surface area contributed by atoms with E-state index in [9.17, 15) is 19.5 Å². The van der Waals surface area contributed by atoms with Crippen LogP contribution in [0.4, 0.5) is 5.69 Å². The first-order valence-electron chi connectivity index (χ1n) is 7.47. The number of nitrogens with one attached hydrogen (secondary N) is 1. The molecule has 1 aliphatic carbocycles. The second-order valence-corrected chi connectivity index (χ2v) is 6.82. The number of hydrogen-bond acceptors (Lipinski definition) is 3. The summed E-state index contributed by atoms with van der Waals surface area (Å²) in [5.74, 6) is -2.56. The van der Waals surface area contributed by atoms with Crippen LogP contribution >= 0.6 is 0 Å². The SMILES string of the molecule is CC1(C)C(C(=O)Nc2ccc(C(=O)O)cc2)CC[C@@]1(C)C(=O)O. The van der Waals surface area contributed by atoms with Gasteiger partial charge >= 0.3 is 11.9 Å². The molecule has 1 aliphatic rings. The van der Waals surface area contributed by atoms with Crippen LogP contribution < -0.4 is 5.32 Å². The minimum Gasteiger partial charge on any atom is -0.481 e. The number of anilines is 1. The van der Waals surface area contributed by atoms with Crippen molar-refractivity contribution in [3.63, 3.8) is 0 Å². The minimum atomic E-state index is -1.03. The lowest BCUT2D eigenvalue weighted by Gasteiger charge is -2.37. The van der Waals surface area contributed by atoms with Gasteiger partial charge in [-0.1, -0.05) is 13.8 Å². The highest BCUT2D eigenvalue weighted by atomic mass is 16.4. The molecule has 1 aromatic carbocycles. The van der Waals surface area contributed by atoms with Crippen molar-refractivity contribution in [1.82, 2.24) is 0 Å². The van der Waals surface area contributed by atoms with E-state index >= 15 is 0 Å². The summed E-state index contributed by atoms with van der Waals surface area (Å²) in [6.45, 7) is 5.31. The highest BCUT2D eigenvalue weighted by Gasteiger charge is 2.58. The van der Waals surface area contributed by atoms with Crippen molar-refractivity contribution in [2.24, 2.45) is 16.7 Å². The van der Waals surface area contributed by atoms with Gasteiger partial charge in [0.2, 0.25) is 5.91 Å². The first-order valence-corrected chi connectivity index (χ1v) is 7.47. The van der Waals surface area contributed by atoms with Gasteiger partial charge in [-0.05, 0) is 49.4 Å². The monoisotopic (exact) mass is 319 g/mol. The van der Waals surface area contributed by atoms with Crippen molar-refractivity contribution >= 4 is 23.5 Å². The number of carboxylic acids is 2. The maximum Gasteiger partial charge on any atom is 0.335 e. The molecule has 1 unspecified atom stereocenters. The number of carboxylic acid groups (broad SMARTS) is 2. The lowest BCUT2D eigenvalue weighted by molar-refractivity contribution is -0.154. The van der Waals surface area contributed by atoms with Crippen molar-refractivity contribution in [1.29, 1.82) is 0 Å². The maximum absolute atomic E-state index is 12.5. The molecule has 1 amide bonds. The molecule has 6 heteroatoms. The Morgan fingerprint density at radius 1 is 1.09 bits per heavy atom. The summed E-state index contributed by atoms with van der Waals surface area (Å²) in [5.41, 5.74) is -0.978. The Bertz CT molecular complexity index is 649. The topological polar surface area (TPSA) is 104 Å². The summed E-state index contributed by atoms with van der Waals surface area (Å²) in [4.78, 5) is 34.9. The fourth-order valence-electron chi connectivity index (χ4n) is 3.27. The molecule has 3 N–H and O–H groups in total. The number of rotatable bonds is 4. The first-order chi connectivity index (χ1) is 10.6. The summed E-state index contributed by atoms with van der Waals surface area (Å²) < 4.78 is 0. The van der Waals surface area contributed by atoms with E-state index in [0.717, 1.165) is 0 Å². The second kappa shape index (κ2) is 5.68. The number of benzene rings is 1. The molecule has 23 heavy (non-hydrogen) atoms. The van der Waals surface area contributed by atoms with E-state index in [2.05, 4.69) is 5.32 Å². The molecular weight excluding hydrogens is 298 g/mol. The number of aliphatic carboxylic acids is 1. The average molecular weight is 319 g/mol. The number of carbonyl (C=O) groups excluding carboxylic acids is 1. The number of hydrogen-bond donors (Lipinski definition) is 3. The number of amides is 1. The van der Waals surface area contributed by atoms with Crippen LogP contribution in [0.2, 0.25) is 0 Å². The maximum atomic E-state index is 12.5. The molecule has 124 valence electrons. The molecule has 6 nitrogen and oxygen atoms in total. The lowest BCUT2D eigenvalue weighted by atomic mass is 9.65. The van der Waals surface area contributed by atoms with Crippen molar-refractivity contribution in [3.05, 3.63) is 29.8 Å². The van der Waals surface area contributed by atoms with Gasteiger partial charge in [-0.15, -0.1) is 0 Å². The number of aromatic carboxylic acids is 1. The van der Waals surface area contributed by atoms with Gasteiger partial charge in [0.05, 0.1) is 11.0 Å². The van der Waals surface area contributed by atoms with Gasteiger partial charge in [0.1, 0.15) is 0 Å². The van der Waals surface area contributed by atoms with Gasteiger partial charge in [0.15, 0.2) is 0 Å². The van der Waals surface area contributed by atoms with Crippen LogP contribution in [0.5, 0.6) is 0 Å². The first kappa shape index (κ1) is 17.0. The third kappa shape index (κ3) is 2.81. The van der Waals surface area contributed by atoms with Crippen LogP contribution in [0.1, 0.15) is 44.0 Å². The van der Waals surface area contributed by atoms with E-state index in [4.69, 9.17) is 5.11 Å². The van der Waals surface area contributed by atoms with Crippen LogP contribution in [-0.2, 0) is 9.59 Å². The van der Waals surface area contributed by atoms with E-state index in [1.165, 1.54) is 24.3 Å². The van der Waals surface area contributed by atoms with Gasteiger partial charge in [-0.2, -0.15) is 0 Å². The molecule has 1 saturated carbocycles. The predicted octanol–water partition coefficient (Wildman–Crippen LogP) is 2.85. The quantitative estimate of drug-likeness (QED) is 0.791. The largest absolute Gasteiger partial charge is 0.481 e. The van der Waals surface area contributed by atoms with Gasteiger partial charge < -0.3 is 15.5 Å². The highest BCUT2D eigenvalue weighted by Crippen LogP contribution is 2.56. The molecule has 1 aromatic rings. The Kier molecular flexibility index (Phi) is 4.20. The third-order valence-corrected chi connectivity index (χ3v) is 5.41. The zero-order chi connectivity index (χ0) is 17.4. The van der Waals surface area contributed by atoms with Crippen molar-refractivity contribution in [2.75, 3.05) is 5.32 Å². The molecule has 0 aliphatic heterocycles. The molecule has 2 rings (SSSR count). The Hall–Kier alpha value is -2.37. The molecule has 0 radical (unpaired) electrons. The smallest absolute Gasteiger partial charge is 0.335 e. The normalized spacial score (nSPS) is 25.8. The molecule has 0 saturated heterocycles. The average Bonchev–Trinajstić information content (AvgIpc) is 2.71. The van der Waals surface area contributed by atoms with Gasteiger partial charge in [-0.25, -0.2) is 4.79 Å². The fourth-order valence-corrected chi connectivity index (χ4v) is 3.27. The Balaban J connectivity index is 2.15. The fraction of sp³-hybridized carbons (Fsp3) is 0.471. The standard InChI is InChI=1S/C17H21NO5/c1-16(2)12(8-9-17(16,3)15(22)23)13(19)18-11-6-4-10(5-7-11)14(20)21/h4-7,12H,8-9H2,1-3H3,(H,18,19)(H,20,21)(H,22,23)/t12?,17-/m0/s1. The zero-order valence-corrected chi connectivity index (χ0v) is 13.4. The van der Waals surface area contributed by atoms with Crippen molar-refractivity contribution in [3.8, 4) is 0 Å². The second-order valence-electron chi connectivity index (χ2n) is 6.82. The summed E-state index contributed by atoms with van der Waals surface area (Å²) in [7, 11) is 0. The summed E-state index contributed by atoms with van der Waals surface area (Å²) in [6, 6.07) is 5.89. The van der Waals surface area contributed by atoms with E-state index < -0.39 is 28.7 Å². The summed E-state index contributed by atoms with van der Waals surface area (Å²) >= 11 is 0. The van der Waals surface area contributed by atoms with E-state index in [-0.39, 0.29) is 11.5 Å². The third-order valence-electron chi connectivity index (χ3n) is 5.41. The Labute approximate surface area is 134 Å². The summed E-state index contributed by atoms with van der Waals surface area (Å²) in [6.07, 6.45) is 0.959. The summed E-state index contributed by atoms with van der Waals surface area (Å²) in [5, 5.41) is 21.1. The zero-order valence-electron chi connectivity index (χ0n) is 13.4. The molecule has 0 bridgehead atoms. The van der Waals surface area contributed by atoms with Crippen molar-refractivity contribution < 1.29 is 24.6 Å². The molecular formula is C17H21NO5. The number of carbonyl (C=O) groups is 3. The van der Waals surface area contributed by atoms with E-state index in [1.807, 2.05) is 13.8 Å². The molecule has 0 heterocycles. The predicted molar refractivity (Wildman–Crippen MR) is 84.3 cm³/mol. The van der Waals surface area contributed by atoms with Crippen molar-refractivity contribution in [2.45, 2.75) is 33.6 Å². The van der Waals surface area contributed by atoms with Gasteiger partial charge in [0, 0.05) is 11.6 Å². The molecule has 1 fully saturated rings. The van der Waals surface area contributed by atoms with Crippen LogP contribution in [0.15, 0.2) is 24.3 Å². The minimum absolute atomic E-state index is 0.141. The van der Waals surface area contributed by atoms with Crippen LogP contribution in [0.25, 0.3) is 0 Å². The van der Waals surface area contributed by atoms with Crippen LogP contribution in [-0.4, -0.2) is 28.1 Å².